The van der Waals surface area contributed by atoms with Crippen molar-refractivity contribution in [3.05, 3.63) is 29.8 Å². The van der Waals surface area contributed by atoms with Gasteiger partial charge in [0.2, 0.25) is 5.91 Å². The lowest BCUT2D eigenvalue weighted by Gasteiger charge is -2.40. The van der Waals surface area contributed by atoms with Crippen LogP contribution in [0, 0.1) is 0 Å². The first-order valence-corrected chi connectivity index (χ1v) is 6.33. The van der Waals surface area contributed by atoms with E-state index in [1.165, 1.54) is 0 Å². The molecule has 0 aromatic heterocycles. The Morgan fingerprint density at radius 2 is 2.26 bits per heavy atom. The van der Waals surface area contributed by atoms with Gasteiger partial charge in [-0.1, -0.05) is 12.1 Å². The summed E-state index contributed by atoms with van der Waals surface area (Å²) in [6.07, 6.45) is 0.497. The number of hydrogen-bond donors (Lipinski definition) is 2. The number of aliphatic hydroxyl groups excluding tert-OH is 1. The average molecular weight is 265 g/mol. The summed E-state index contributed by atoms with van der Waals surface area (Å²) >= 11 is 0. The molecule has 2 N–H and O–H groups in total. The van der Waals surface area contributed by atoms with Crippen molar-refractivity contribution in [1.29, 1.82) is 0 Å². The van der Waals surface area contributed by atoms with Gasteiger partial charge in [-0.05, 0) is 24.6 Å². The van der Waals surface area contributed by atoms with Crippen LogP contribution in [0.2, 0.25) is 0 Å². The Labute approximate surface area is 112 Å². The van der Waals surface area contributed by atoms with Crippen LogP contribution in [0.3, 0.4) is 0 Å². The molecule has 104 valence electrons. The van der Waals surface area contributed by atoms with E-state index >= 15 is 0 Å². The van der Waals surface area contributed by atoms with Crippen molar-refractivity contribution in [1.82, 2.24) is 4.90 Å². The molecule has 5 nitrogen and oxygen atoms in total. The number of carbonyl (C=O) groups excluding carboxylic acids is 1. The van der Waals surface area contributed by atoms with Crippen LogP contribution in [0.4, 0.5) is 0 Å². The van der Waals surface area contributed by atoms with Crippen molar-refractivity contribution >= 4 is 5.91 Å². The van der Waals surface area contributed by atoms with Gasteiger partial charge in [-0.25, -0.2) is 0 Å². The molecule has 2 rings (SSSR count). The van der Waals surface area contributed by atoms with Crippen molar-refractivity contribution in [3.8, 4) is 5.75 Å². The number of nitrogens with zero attached hydrogens (tertiary/aromatic N) is 1. The lowest BCUT2D eigenvalue weighted by Crippen LogP contribution is -2.53. The van der Waals surface area contributed by atoms with Gasteiger partial charge in [0.15, 0.2) is 0 Å². The molecule has 1 amide bonds. The van der Waals surface area contributed by atoms with E-state index in [4.69, 9.17) is 9.84 Å². The number of carbonyl (C=O) groups is 1. The summed E-state index contributed by atoms with van der Waals surface area (Å²) in [5.41, 5.74) is 0.376. The Hall–Kier alpha value is -1.59. The zero-order valence-corrected chi connectivity index (χ0v) is 11.0. The van der Waals surface area contributed by atoms with Crippen molar-refractivity contribution in [2.24, 2.45) is 0 Å². The summed E-state index contributed by atoms with van der Waals surface area (Å²) in [6.45, 7) is 2.85. The molecule has 0 aliphatic carbocycles. The predicted octanol–water partition coefficient (Wildman–Crippen LogP) is 0.892. The van der Waals surface area contributed by atoms with Crippen LogP contribution >= 0.6 is 0 Å². The number of morpholine rings is 1. The van der Waals surface area contributed by atoms with E-state index in [1.807, 2.05) is 13.0 Å². The Morgan fingerprint density at radius 3 is 2.95 bits per heavy atom. The van der Waals surface area contributed by atoms with E-state index in [-0.39, 0.29) is 24.9 Å². The van der Waals surface area contributed by atoms with Crippen LogP contribution in [0.1, 0.15) is 18.9 Å². The molecule has 1 fully saturated rings. The van der Waals surface area contributed by atoms with Gasteiger partial charge in [0.25, 0.3) is 0 Å². The van der Waals surface area contributed by atoms with E-state index in [0.29, 0.717) is 19.5 Å². The van der Waals surface area contributed by atoms with Gasteiger partial charge in [0.1, 0.15) is 12.4 Å². The third kappa shape index (κ3) is 3.45. The molecule has 19 heavy (non-hydrogen) atoms. The van der Waals surface area contributed by atoms with Crippen LogP contribution in [0.5, 0.6) is 5.75 Å². The Morgan fingerprint density at radius 1 is 1.47 bits per heavy atom. The monoisotopic (exact) mass is 265 g/mol. The number of benzene rings is 1. The highest BCUT2D eigenvalue weighted by molar-refractivity contribution is 5.78. The fourth-order valence-electron chi connectivity index (χ4n) is 2.27. The number of ether oxygens (including phenoxy) is 1. The van der Waals surface area contributed by atoms with E-state index in [9.17, 15) is 9.90 Å². The SMILES string of the molecule is CC1(CCO)CN(Cc2cccc(O)c2)C(=O)CO1. The lowest BCUT2D eigenvalue weighted by molar-refractivity contribution is -0.164. The molecule has 1 aromatic carbocycles. The van der Waals surface area contributed by atoms with Gasteiger partial charge < -0.3 is 19.8 Å². The smallest absolute Gasteiger partial charge is 0.248 e. The number of rotatable bonds is 4. The number of amides is 1. The van der Waals surface area contributed by atoms with Crippen LogP contribution in [-0.2, 0) is 16.1 Å². The van der Waals surface area contributed by atoms with E-state index < -0.39 is 5.60 Å². The number of phenols is 1. The molecule has 0 saturated carbocycles. The minimum atomic E-state index is -0.501. The Balaban J connectivity index is 2.07. The summed E-state index contributed by atoms with van der Waals surface area (Å²) in [5, 5.41) is 18.5. The summed E-state index contributed by atoms with van der Waals surface area (Å²) in [6, 6.07) is 6.86. The highest BCUT2D eigenvalue weighted by Crippen LogP contribution is 2.23. The molecule has 1 aromatic rings. The largest absolute Gasteiger partial charge is 0.508 e. The molecule has 1 heterocycles. The van der Waals surface area contributed by atoms with Crippen molar-refractivity contribution in [2.45, 2.75) is 25.5 Å². The summed E-state index contributed by atoms with van der Waals surface area (Å²) in [7, 11) is 0. The van der Waals surface area contributed by atoms with Gasteiger partial charge in [-0.3, -0.25) is 4.79 Å². The minimum absolute atomic E-state index is 0.0324. The second-order valence-corrected chi connectivity index (χ2v) is 5.13. The van der Waals surface area contributed by atoms with Crippen LogP contribution in [0.15, 0.2) is 24.3 Å². The normalized spacial score (nSPS) is 23.7. The molecule has 5 heteroatoms. The number of hydrogen-bond acceptors (Lipinski definition) is 4. The maximum atomic E-state index is 11.9. The van der Waals surface area contributed by atoms with Crippen molar-refractivity contribution in [2.75, 3.05) is 19.8 Å². The topological polar surface area (TPSA) is 70.0 Å². The summed E-state index contributed by atoms with van der Waals surface area (Å²) < 4.78 is 5.51. The third-order valence-corrected chi connectivity index (χ3v) is 3.35. The Kier molecular flexibility index (Phi) is 4.07. The fraction of sp³-hybridized carbons (Fsp3) is 0.500. The molecular weight excluding hydrogens is 246 g/mol. The molecule has 0 radical (unpaired) electrons. The number of aromatic hydroxyl groups is 1. The third-order valence-electron chi connectivity index (χ3n) is 3.35. The highest BCUT2D eigenvalue weighted by Gasteiger charge is 2.35. The average Bonchev–Trinajstić information content (AvgIpc) is 2.34. The molecular formula is C14H19NO4. The van der Waals surface area contributed by atoms with E-state index in [1.54, 1.807) is 23.1 Å². The molecule has 1 saturated heterocycles. The number of aliphatic hydroxyl groups is 1. The molecule has 0 bridgehead atoms. The Bertz CT molecular complexity index is 463. The quantitative estimate of drug-likeness (QED) is 0.848. The molecule has 1 unspecified atom stereocenters. The zero-order valence-electron chi connectivity index (χ0n) is 11.0. The standard InChI is InChI=1S/C14H19NO4/c1-14(5-6-16)10-15(13(18)9-19-14)8-11-3-2-4-12(17)7-11/h2-4,7,16-17H,5-6,8-10H2,1H3. The second kappa shape index (κ2) is 5.59. The lowest BCUT2D eigenvalue weighted by atomic mass is 9.99. The van der Waals surface area contributed by atoms with Gasteiger partial charge in [-0.2, -0.15) is 0 Å². The number of phenolic OH excluding ortho intramolecular Hbond substituents is 1. The van der Waals surface area contributed by atoms with Crippen molar-refractivity contribution in [3.63, 3.8) is 0 Å². The van der Waals surface area contributed by atoms with Gasteiger partial charge >= 0.3 is 0 Å². The van der Waals surface area contributed by atoms with Crippen molar-refractivity contribution < 1.29 is 19.7 Å². The summed E-state index contributed by atoms with van der Waals surface area (Å²) in [4.78, 5) is 13.6. The zero-order chi connectivity index (χ0) is 13.9. The van der Waals surface area contributed by atoms with Crippen LogP contribution < -0.4 is 0 Å². The fourth-order valence-corrected chi connectivity index (χ4v) is 2.27. The van der Waals surface area contributed by atoms with E-state index in [0.717, 1.165) is 5.56 Å². The summed E-state index contributed by atoms with van der Waals surface area (Å²) in [5.74, 6) is 0.120. The first-order valence-electron chi connectivity index (χ1n) is 6.33. The first-order chi connectivity index (χ1) is 9.02. The first kappa shape index (κ1) is 13.8. The maximum absolute atomic E-state index is 11.9. The molecule has 1 aliphatic rings. The van der Waals surface area contributed by atoms with Gasteiger partial charge in [0.05, 0.1) is 5.60 Å². The predicted molar refractivity (Wildman–Crippen MR) is 69.6 cm³/mol. The maximum Gasteiger partial charge on any atom is 0.248 e. The molecule has 0 spiro atoms. The molecule has 1 atom stereocenters. The molecule has 1 aliphatic heterocycles. The van der Waals surface area contributed by atoms with Crippen LogP contribution in [0.25, 0.3) is 0 Å². The second-order valence-electron chi connectivity index (χ2n) is 5.13. The van der Waals surface area contributed by atoms with Crippen LogP contribution in [-0.4, -0.2) is 46.4 Å². The van der Waals surface area contributed by atoms with E-state index in [2.05, 4.69) is 0 Å². The highest BCUT2D eigenvalue weighted by atomic mass is 16.5. The van der Waals surface area contributed by atoms with Gasteiger partial charge in [0, 0.05) is 26.1 Å². The van der Waals surface area contributed by atoms with Gasteiger partial charge in [-0.15, -0.1) is 0 Å². The minimum Gasteiger partial charge on any atom is -0.508 e.